The van der Waals surface area contributed by atoms with E-state index in [4.69, 9.17) is 4.42 Å². The van der Waals surface area contributed by atoms with Gasteiger partial charge in [-0.05, 0) is 61.4 Å². The minimum atomic E-state index is -3.38. The molecule has 1 aromatic heterocycles. The van der Waals surface area contributed by atoms with Gasteiger partial charge < -0.3 is 9.52 Å². The SMILES string of the molecule is CCCCS(=O)(=O)c1ccc(C(=O)c2cc(C(C)C(=O)O)cc3ccoc23)cc1. The van der Waals surface area contributed by atoms with Crippen molar-refractivity contribution < 1.29 is 27.5 Å². The monoisotopic (exact) mass is 414 g/mol. The minimum Gasteiger partial charge on any atom is -0.481 e. The first-order valence-corrected chi connectivity index (χ1v) is 11.0. The van der Waals surface area contributed by atoms with Crippen LogP contribution in [0.5, 0.6) is 0 Å². The van der Waals surface area contributed by atoms with E-state index in [2.05, 4.69) is 0 Å². The van der Waals surface area contributed by atoms with E-state index in [9.17, 15) is 23.1 Å². The van der Waals surface area contributed by atoms with Crippen molar-refractivity contribution in [1.29, 1.82) is 0 Å². The highest BCUT2D eigenvalue weighted by molar-refractivity contribution is 7.91. The lowest BCUT2D eigenvalue weighted by molar-refractivity contribution is -0.138. The van der Waals surface area contributed by atoms with Gasteiger partial charge in [0.05, 0.1) is 28.4 Å². The first-order chi connectivity index (χ1) is 13.7. The lowest BCUT2D eigenvalue weighted by atomic mass is 9.94. The molecule has 0 aliphatic rings. The van der Waals surface area contributed by atoms with Gasteiger partial charge in [0.1, 0.15) is 5.58 Å². The third-order valence-corrected chi connectivity index (χ3v) is 6.75. The molecule has 152 valence electrons. The maximum Gasteiger partial charge on any atom is 0.310 e. The van der Waals surface area contributed by atoms with E-state index in [-0.39, 0.29) is 22.0 Å². The molecule has 7 heteroatoms. The first kappa shape index (κ1) is 20.8. The van der Waals surface area contributed by atoms with Gasteiger partial charge >= 0.3 is 5.97 Å². The molecule has 0 aliphatic carbocycles. The van der Waals surface area contributed by atoms with Crippen molar-refractivity contribution in [2.24, 2.45) is 0 Å². The van der Waals surface area contributed by atoms with Crippen LogP contribution >= 0.6 is 0 Å². The average molecular weight is 414 g/mol. The van der Waals surface area contributed by atoms with Gasteiger partial charge in [-0.2, -0.15) is 0 Å². The van der Waals surface area contributed by atoms with E-state index in [0.717, 1.165) is 6.42 Å². The Bertz CT molecular complexity index is 1160. The molecule has 0 radical (unpaired) electrons. The highest BCUT2D eigenvalue weighted by Crippen LogP contribution is 2.29. The molecule has 0 saturated heterocycles. The third kappa shape index (κ3) is 4.24. The number of aliphatic carboxylic acids is 1. The molecule has 0 fully saturated rings. The summed E-state index contributed by atoms with van der Waals surface area (Å²) in [6.45, 7) is 3.47. The van der Waals surface area contributed by atoms with Crippen LogP contribution in [0.3, 0.4) is 0 Å². The van der Waals surface area contributed by atoms with Crippen LogP contribution in [0.2, 0.25) is 0 Å². The van der Waals surface area contributed by atoms with E-state index in [1.807, 2.05) is 6.92 Å². The highest BCUT2D eigenvalue weighted by atomic mass is 32.2. The Labute approximate surface area is 169 Å². The van der Waals surface area contributed by atoms with Gasteiger partial charge in [-0.25, -0.2) is 8.42 Å². The Morgan fingerprint density at radius 1 is 1.10 bits per heavy atom. The highest BCUT2D eigenvalue weighted by Gasteiger charge is 2.22. The number of hydrogen-bond donors (Lipinski definition) is 1. The maximum atomic E-state index is 13.1. The summed E-state index contributed by atoms with van der Waals surface area (Å²) in [6.07, 6.45) is 2.80. The predicted molar refractivity (Wildman–Crippen MR) is 109 cm³/mol. The molecule has 6 nitrogen and oxygen atoms in total. The van der Waals surface area contributed by atoms with E-state index < -0.39 is 21.7 Å². The normalized spacial score (nSPS) is 12.8. The molecule has 3 aromatic rings. The Morgan fingerprint density at radius 2 is 1.79 bits per heavy atom. The molecular weight excluding hydrogens is 392 g/mol. The summed E-state index contributed by atoms with van der Waals surface area (Å²) in [5.41, 5.74) is 1.42. The summed E-state index contributed by atoms with van der Waals surface area (Å²) in [5.74, 6) is -2.07. The molecule has 0 bridgehead atoms. The molecule has 2 aromatic carbocycles. The summed E-state index contributed by atoms with van der Waals surface area (Å²) in [6, 6.07) is 10.7. The zero-order chi connectivity index (χ0) is 21.2. The fraction of sp³-hybridized carbons (Fsp3) is 0.273. The van der Waals surface area contributed by atoms with Gasteiger partial charge in [0, 0.05) is 10.9 Å². The van der Waals surface area contributed by atoms with Crippen LogP contribution in [-0.4, -0.2) is 31.0 Å². The standard InChI is InChI=1S/C22H22O6S/c1-3-4-11-29(26,27)18-7-5-15(6-8-18)20(23)19-13-17(14(2)22(24)25)12-16-9-10-28-21(16)19/h5-10,12-14H,3-4,11H2,1-2H3,(H,24,25). The summed E-state index contributed by atoms with van der Waals surface area (Å²) >= 11 is 0. The maximum absolute atomic E-state index is 13.1. The Morgan fingerprint density at radius 3 is 2.41 bits per heavy atom. The van der Waals surface area contributed by atoms with Gasteiger partial charge in [0.25, 0.3) is 0 Å². The lowest BCUT2D eigenvalue weighted by Gasteiger charge is -2.10. The van der Waals surface area contributed by atoms with Crippen LogP contribution < -0.4 is 0 Å². The molecule has 0 spiro atoms. The van der Waals surface area contributed by atoms with Gasteiger partial charge in [0.15, 0.2) is 15.6 Å². The van der Waals surface area contributed by atoms with Crippen molar-refractivity contribution in [3.05, 3.63) is 65.4 Å². The van der Waals surface area contributed by atoms with Crippen molar-refractivity contribution in [3.63, 3.8) is 0 Å². The second-order valence-electron chi connectivity index (χ2n) is 6.99. The summed E-state index contributed by atoms with van der Waals surface area (Å²) in [4.78, 5) is 24.6. The second kappa shape index (κ2) is 8.21. The smallest absolute Gasteiger partial charge is 0.310 e. The Kier molecular flexibility index (Phi) is 5.88. The number of carbonyl (C=O) groups is 2. The fourth-order valence-electron chi connectivity index (χ4n) is 3.09. The van der Waals surface area contributed by atoms with Gasteiger partial charge in [0.2, 0.25) is 0 Å². The number of hydrogen-bond acceptors (Lipinski definition) is 5. The average Bonchev–Trinajstić information content (AvgIpc) is 3.19. The van der Waals surface area contributed by atoms with Crippen molar-refractivity contribution in [2.75, 3.05) is 5.75 Å². The summed E-state index contributed by atoms with van der Waals surface area (Å²) in [5, 5.41) is 9.94. The fourth-order valence-corrected chi connectivity index (χ4v) is 4.54. The molecule has 1 N–H and O–H groups in total. The second-order valence-corrected chi connectivity index (χ2v) is 9.10. The molecular formula is C22H22O6S. The van der Waals surface area contributed by atoms with Crippen LogP contribution in [0.4, 0.5) is 0 Å². The quantitative estimate of drug-likeness (QED) is 0.547. The number of ketones is 1. The van der Waals surface area contributed by atoms with Gasteiger partial charge in [-0.15, -0.1) is 0 Å². The van der Waals surface area contributed by atoms with E-state index in [0.29, 0.717) is 28.5 Å². The number of unbranched alkanes of at least 4 members (excludes halogenated alkanes) is 1. The summed E-state index contributed by atoms with van der Waals surface area (Å²) in [7, 11) is -3.38. The number of rotatable bonds is 8. The number of carbonyl (C=O) groups excluding carboxylic acids is 1. The number of carboxylic acids is 1. The predicted octanol–water partition coefficient (Wildman–Crippen LogP) is 4.43. The zero-order valence-electron chi connectivity index (χ0n) is 16.2. The molecule has 29 heavy (non-hydrogen) atoms. The minimum absolute atomic E-state index is 0.0684. The van der Waals surface area contributed by atoms with Crippen LogP contribution in [-0.2, 0) is 14.6 Å². The molecule has 1 heterocycles. The number of carboxylic acid groups (broad SMARTS) is 1. The van der Waals surface area contributed by atoms with E-state index in [1.54, 1.807) is 19.1 Å². The van der Waals surface area contributed by atoms with Gasteiger partial charge in [-0.1, -0.05) is 13.3 Å². The van der Waals surface area contributed by atoms with Crippen LogP contribution in [0.1, 0.15) is 54.1 Å². The van der Waals surface area contributed by atoms with Crippen molar-refractivity contribution in [2.45, 2.75) is 37.5 Å². The topological polar surface area (TPSA) is 102 Å². The van der Waals surface area contributed by atoms with Crippen molar-refractivity contribution in [3.8, 4) is 0 Å². The molecule has 0 aliphatic heterocycles. The number of fused-ring (bicyclic) bond motifs is 1. The summed E-state index contributed by atoms with van der Waals surface area (Å²) < 4.78 is 30.1. The third-order valence-electron chi connectivity index (χ3n) is 4.93. The van der Waals surface area contributed by atoms with Crippen LogP contribution in [0.25, 0.3) is 11.0 Å². The molecule has 0 saturated carbocycles. The lowest BCUT2D eigenvalue weighted by Crippen LogP contribution is -2.10. The van der Waals surface area contributed by atoms with E-state index >= 15 is 0 Å². The van der Waals surface area contributed by atoms with Gasteiger partial charge in [-0.3, -0.25) is 9.59 Å². The molecule has 3 rings (SSSR count). The number of benzene rings is 2. The number of sulfone groups is 1. The molecule has 0 amide bonds. The van der Waals surface area contributed by atoms with E-state index in [1.165, 1.54) is 36.6 Å². The zero-order valence-corrected chi connectivity index (χ0v) is 17.0. The Balaban J connectivity index is 1.99. The van der Waals surface area contributed by atoms with Crippen LogP contribution in [0, 0.1) is 0 Å². The van der Waals surface area contributed by atoms with Crippen molar-refractivity contribution >= 4 is 32.6 Å². The van der Waals surface area contributed by atoms with Crippen molar-refractivity contribution in [1.82, 2.24) is 0 Å². The van der Waals surface area contributed by atoms with Crippen LogP contribution in [0.15, 0.2) is 58.0 Å². The molecule has 1 unspecified atom stereocenters. The Hall–Kier alpha value is -2.93. The largest absolute Gasteiger partial charge is 0.481 e. The molecule has 1 atom stereocenters. The first-order valence-electron chi connectivity index (χ1n) is 9.36. The number of furan rings is 1.